The van der Waals surface area contributed by atoms with Gasteiger partial charge in [0.1, 0.15) is 13.2 Å². The summed E-state index contributed by atoms with van der Waals surface area (Å²) in [4.78, 5) is 38.0. The SMILES string of the molecule is CCCCCC/C=C\CCCCCCCCCC(=O)OC(COC(=O)CCCCC/C=C\CCCCCCCC)COC(=O)CCCCCCCCC/C=C\CCCCCCCC. The molecule has 0 aliphatic rings. The van der Waals surface area contributed by atoms with E-state index in [0.717, 1.165) is 70.6 Å². The van der Waals surface area contributed by atoms with Crippen LogP contribution in [-0.4, -0.2) is 37.2 Å². The summed E-state index contributed by atoms with van der Waals surface area (Å²) >= 11 is 0. The molecule has 0 fully saturated rings. The van der Waals surface area contributed by atoms with Crippen molar-refractivity contribution < 1.29 is 28.6 Å². The van der Waals surface area contributed by atoms with Crippen LogP contribution in [0.25, 0.3) is 0 Å². The highest BCUT2D eigenvalue weighted by Crippen LogP contribution is 2.15. The number of carbonyl (C=O) groups excluding carboxylic acids is 3. The van der Waals surface area contributed by atoms with E-state index in [0.29, 0.717) is 19.3 Å². The molecule has 0 aliphatic carbocycles. The average molecular weight is 885 g/mol. The van der Waals surface area contributed by atoms with E-state index in [-0.39, 0.29) is 31.1 Å². The van der Waals surface area contributed by atoms with Crippen LogP contribution in [0.4, 0.5) is 0 Å². The molecule has 63 heavy (non-hydrogen) atoms. The van der Waals surface area contributed by atoms with E-state index in [9.17, 15) is 14.4 Å². The van der Waals surface area contributed by atoms with Crippen LogP contribution in [-0.2, 0) is 28.6 Å². The summed E-state index contributed by atoms with van der Waals surface area (Å²) in [5.41, 5.74) is 0. The molecular formula is C57H104O6. The van der Waals surface area contributed by atoms with Gasteiger partial charge in [-0.1, -0.05) is 211 Å². The van der Waals surface area contributed by atoms with Gasteiger partial charge in [0.05, 0.1) is 0 Å². The van der Waals surface area contributed by atoms with Crippen LogP contribution in [0.3, 0.4) is 0 Å². The van der Waals surface area contributed by atoms with Gasteiger partial charge in [-0.05, 0) is 96.3 Å². The second-order valence-electron chi connectivity index (χ2n) is 18.5. The molecular weight excluding hydrogens is 781 g/mol. The van der Waals surface area contributed by atoms with Gasteiger partial charge < -0.3 is 14.2 Å². The number of ether oxygens (including phenoxy) is 3. The van der Waals surface area contributed by atoms with Crippen molar-refractivity contribution in [3.8, 4) is 0 Å². The zero-order valence-electron chi connectivity index (χ0n) is 42.1. The van der Waals surface area contributed by atoms with Gasteiger partial charge in [-0.25, -0.2) is 0 Å². The van der Waals surface area contributed by atoms with Crippen molar-refractivity contribution >= 4 is 17.9 Å². The normalized spacial score (nSPS) is 12.2. The second-order valence-corrected chi connectivity index (χ2v) is 18.5. The monoisotopic (exact) mass is 885 g/mol. The highest BCUT2D eigenvalue weighted by atomic mass is 16.6. The molecule has 0 saturated carbocycles. The molecule has 6 nitrogen and oxygen atoms in total. The molecule has 0 aromatic carbocycles. The maximum Gasteiger partial charge on any atom is 0.306 e. The van der Waals surface area contributed by atoms with Gasteiger partial charge in [0.25, 0.3) is 0 Å². The summed E-state index contributed by atoms with van der Waals surface area (Å²) in [6, 6.07) is 0. The predicted octanol–water partition coefficient (Wildman–Crippen LogP) is 18.1. The van der Waals surface area contributed by atoms with Crippen LogP contribution >= 0.6 is 0 Å². The zero-order valence-corrected chi connectivity index (χ0v) is 42.1. The summed E-state index contributed by atoms with van der Waals surface area (Å²) in [6.45, 7) is 6.62. The summed E-state index contributed by atoms with van der Waals surface area (Å²) in [5.74, 6) is -0.892. The number of unbranched alkanes of at least 4 members (excludes halogenated alkanes) is 33. The van der Waals surface area contributed by atoms with Crippen molar-refractivity contribution in [3.05, 3.63) is 36.5 Å². The number of allylic oxidation sites excluding steroid dienone is 6. The third-order valence-electron chi connectivity index (χ3n) is 12.1. The van der Waals surface area contributed by atoms with E-state index in [4.69, 9.17) is 14.2 Å². The van der Waals surface area contributed by atoms with Crippen LogP contribution in [0.5, 0.6) is 0 Å². The molecule has 0 N–H and O–H groups in total. The molecule has 0 radical (unpaired) electrons. The average Bonchev–Trinajstić information content (AvgIpc) is 3.28. The molecule has 0 rings (SSSR count). The minimum atomic E-state index is -0.780. The zero-order chi connectivity index (χ0) is 45.8. The van der Waals surface area contributed by atoms with Gasteiger partial charge in [-0.2, -0.15) is 0 Å². The molecule has 6 heteroatoms. The number of hydrogen-bond acceptors (Lipinski definition) is 6. The molecule has 0 aromatic rings. The lowest BCUT2D eigenvalue weighted by Crippen LogP contribution is -2.30. The first kappa shape index (κ1) is 60.6. The van der Waals surface area contributed by atoms with Crippen LogP contribution in [0.2, 0.25) is 0 Å². The number of carbonyl (C=O) groups is 3. The third kappa shape index (κ3) is 50.5. The molecule has 368 valence electrons. The summed E-state index contributed by atoms with van der Waals surface area (Å²) in [7, 11) is 0. The fourth-order valence-electron chi connectivity index (χ4n) is 7.90. The maximum atomic E-state index is 12.8. The van der Waals surface area contributed by atoms with Crippen molar-refractivity contribution in [1.29, 1.82) is 0 Å². The van der Waals surface area contributed by atoms with E-state index in [2.05, 4.69) is 57.2 Å². The fourth-order valence-corrected chi connectivity index (χ4v) is 7.90. The Bertz CT molecular complexity index is 1060. The van der Waals surface area contributed by atoms with E-state index < -0.39 is 6.10 Å². The predicted molar refractivity (Wildman–Crippen MR) is 270 cm³/mol. The lowest BCUT2D eigenvalue weighted by atomic mass is 10.1. The van der Waals surface area contributed by atoms with E-state index in [1.54, 1.807) is 0 Å². The van der Waals surface area contributed by atoms with Crippen LogP contribution in [0, 0.1) is 0 Å². The highest BCUT2D eigenvalue weighted by molar-refractivity contribution is 5.71. The van der Waals surface area contributed by atoms with Gasteiger partial charge in [-0.3, -0.25) is 14.4 Å². The molecule has 0 heterocycles. The first-order valence-electron chi connectivity index (χ1n) is 27.5. The Kier molecular flexibility index (Phi) is 50.3. The van der Waals surface area contributed by atoms with Gasteiger partial charge in [0, 0.05) is 19.3 Å². The Morgan fingerprint density at radius 2 is 0.524 bits per heavy atom. The number of hydrogen-bond donors (Lipinski definition) is 0. The Morgan fingerprint density at radius 3 is 0.825 bits per heavy atom. The Labute approximate surface area is 391 Å². The summed E-state index contributed by atoms with van der Waals surface area (Å²) < 4.78 is 16.8. The van der Waals surface area contributed by atoms with Gasteiger partial charge in [-0.15, -0.1) is 0 Å². The van der Waals surface area contributed by atoms with Crippen molar-refractivity contribution in [2.75, 3.05) is 13.2 Å². The van der Waals surface area contributed by atoms with Crippen LogP contribution < -0.4 is 0 Å². The van der Waals surface area contributed by atoms with Crippen LogP contribution in [0.1, 0.15) is 290 Å². The van der Waals surface area contributed by atoms with E-state index >= 15 is 0 Å². The van der Waals surface area contributed by atoms with Gasteiger partial charge in [0.2, 0.25) is 0 Å². The summed E-state index contributed by atoms with van der Waals surface area (Å²) in [6.07, 6.45) is 61.3. The van der Waals surface area contributed by atoms with Gasteiger partial charge in [0.15, 0.2) is 6.10 Å². The number of rotatable bonds is 50. The second kappa shape index (κ2) is 52.3. The fraction of sp³-hybridized carbons (Fsp3) is 0.842. The van der Waals surface area contributed by atoms with Crippen molar-refractivity contribution in [2.24, 2.45) is 0 Å². The molecule has 0 bridgehead atoms. The van der Waals surface area contributed by atoms with Crippen LogP contribution in [0.15, 0.2) is 36.5 Å². The standard InChI is InChI=1S/C57H104O6/c1-4-7-10-13-16-19-22-25-27-28-30-32-35-38-41-44-47-50-56(59)62-53-54(52-61-55(58)49-46-43-40-37-34-31-24-21-18-15-12-9-6-3)63-57(60)51-48-45-42-39-36-33-29-26-23-20-17-14-11-8-5-2/h20,23,25,27,31,34,54H,4-19,21-22,24,26,28-30,32-33,35-53H2,1-3H3/b23-20-,27-25-,34-31-. The molecule has 0 amide bonds. The maximum absolute atomic E-state index is 12.8. The molecule has 0 aromatic heterocycles. The first-order chi connectivity index (χ1) is 31.0. The largest absolute Gasteiger partial charge is 0.462 e. The Morgan fingerprint density at radius 1 is 0.302 bits per heavy atom. The highest BCUT2D eigenvalue weighted by Gasteiger charge is 2.19. The summed E-state index contributed by atoms with van der Waals surface area (Å²) in [5, 5.41) is 0. The Balaban J connectivity index is 4.37. The quantitative estimate of drug-likeness (QED) is 0.0262. The van der Waals surface area contributed by atoms with E-state index in [1.807, 2.05) is 0 Å². The minimum absolute atomic E-state index is 0.0790. The van der Waals surface area contributed by atoms with Crippen molar-refractivity contribution in [3.63, 3.8) is 0 Å². The molecule has 0 aliphatic heterocycles. The van der Waals surface area contributed by atoms with E-state index in [1.165, 1.54) is 180 Å². The lowest BCUT2D eigenvalue weighted by molar-refractivity contribution is -0.167. The molecule has 1 atom stereocenters. The van der Waals surface area contributed by atoms with Gasteiger partial charge >= 0.3 is 17.9 Å². The number of esters is 3. The van der Waals surface area contributed by atoms with Crippen molar-refractivity contribution in [2.45, 2.75) is 297 Å². The molecule has 0 spiro atoms. The topological polar surface area (TPSA) is 78.9 Å². The smallest absolute Gasteiger partial charge is 0.306 e. The lowest BCUT2D eigenvalue weighted by Gasteiger charge is -2.18. The first-order valence-corrected chi connectivity index (χ1v) is 27.5. The van der Waals surface area contributed by atoms with Crippen molar-refractivity contribution in [1.82, 2.24) is 0 Å². The Hall–Kier alpha value is -2.37. The molecule has 0 saturated heterocycles. The minimum Gasteiger partial charge on any atom is -0.462 e. The molecule has 1 unspecified atom stereocenters. The third-order valence-corrected chi connectivity index (χ3v) is 12.1.